The van der Waals surface area contributed by atoms with Crippen molar-refractivity contribution in [3.63, 3.8) is 0 Å². The van der Waals surface area contributed by atoms with Crippen molar-refractivity contribution in [1.82, 2.24) is 0 Å². The summed E-state index contributed by atoms with van der Waals surface area (Å²) < 4.78 is 0. The number of fused-ring (bicyclic) bond motifs is 14. The molecular weight excluding hydrogens is 480 g/mol. The van der Waals surface area contributed by atoms with Gasteiger partial charge in [-0.2, -0.15) is 0 Å². The maximum absolute atomic E-state index is 2.39. The van der Waals surface area contributed by atoms with Crippen LogP contribution in [0.4, 0.5) is 0 Å². The molecule has 8 aromatic rings. The van der Waals surface area contributed by atoms with Gasteiger partial charge < -0.3 is 0 Å². The third-order valence-corrected chi connectivity index (χ3v) is 8.75. The van der Waals surface area contributed by atoms with Crippen LogP contribution in [0.1, 0.15) is 0 Å². The van der Waals surface area contributed by atoms with Gasteiger partial charge in [-0.3, -0.25) is 0 Å². The lowest BCUT2D eigenvalue weighted by Crippen LogP contribution is -1.98. The van der Waals surface area contributed by atoms with Crippen LogP contribution in [0, 0.1) is 0 Å². The predicted octanol–water partition coefficient (Wildman–Crippen LogP) is 11.3. The molecule has 0 radical (unpaired) electrons. The summed E-state index contributed by atoms with van der Waals surface area (Å²) in [6.07, 6.45) is 0. The summed E-state index contributed by atoms with van der Waals surface area (Å²) in [6, 6.07) is 54.1. The molecule has 9 rings (SSSR count). The quantitative estimate of drug-likeness (QED) is 0.180. The molecule has 0 heterocycles. The molecule has 0 nitrogen and oxygen atoms in total. The second-order valence-electron chi connectivity index (χ2n) is 10.9. The number of hydrogen-bond donors (Lipinski definition) is 0. The average Bonchev–Trinajstić information content (AvgIpc) is 3.01. The van der Waals surface area contributed by atoms with E-state index in [0.29, 0.717) is 0 Å². The Morgan fingerprint density at radius 1 is 0.225 bits per heavy atom. The van der Waals surface area contributed by atoms with E-state index in [9.17, 15) is 0 Å². The van der Waals surface area contributed by atoms with Gasteiger partial charge in [0.05, 0.1) is 0 Å². The van der Waals surface area contributed by atoms with E-state index < -0.39 is 0 Å². The van der Waals surface area contributed by atoms with Crippen LogP contribution < -0.4 is 0 Å². The van der Waals surface area contributed by atoms with Crippen LogP contribution >= 0.6 is 0 Å². The Morgan fingerprint density at radius 3 is 1.00 bits per heavy atom. The highest BCUT2D eigenvalue weighted by atomic mass is 14.3. The van der Waals surface area contributed by atoms with Crippen molar-refractivity contribution in [2.75, 3.05) is 0 Å². The lowest BCUT2D eigenvalue weighted by atomic mass is 9.77. The maximum atomic E-state index is 2.39. The van der Waals surface area contributed by atoms with Crippen LogP contribution in [-0.2, 0) is 0 Å². The van der Waals surface area contributed by atoms with Crippen molar-refractivity contribution in [3.8, 4) is 44.5 Å². The summed E-state index contributed by atoms with van der Waals surface area (Å²) in [7, 11) is 0. The van der Waals surface area contributed by atoms with Gasteiger partial charge in [0.25, 0.3) is 0 Å². The van der Waals surface area contributed by atoms with Gasteiger partial charge >= 0.3 is 0 Å². The smallest absolute Gasteiger partial charge is 0.00201 e. The zero-order valence-electron chi connectivity index (χ0n) is 21.9. The first-order valence-electron chi connectivity index (χ1n) is 13.9. The van der Waals surface area contributed by atoms with Gasteiger partial charge in [-0.15, -0.1) is 0 Å². The van der Waals surface area contributed by atoms with E-state index in [1.807, 2.05) is 0 Å². The van der Waals surface area contributed by atoms with Gasteiger partial charge in [-0.1, -0.05) is 121 Å². The molecule has 0 N–H and O–H groups in total. The van der Waals surface area contributed by atoms with Gasteiger partial charge in [-0.05, 0) is 112 Å². The fraction of sp³-hybridized carbons (Fsp3) is 0. The average molecular weight is 505 g/mol. The van der Waals surface area contributed by atoms with E-state index in [4.69, 9.17) is 0 Å². The summed E-state index contributed by atoms with van der Waals surface area (Å²) in [6.45, 7) is 0. The highest BCUT2D eigenvalue weighted by molar-refractivity contribution is 6.18. The highest BCUT2D eigenvalue weighted by Crippen LogP contribution is 2.51. The van der Waals surface area contributed by atoms with E-state index in [1.54, 1.807) is 0 Å². The van der Waals surface area contributed by atoms with Crippen molar-refractivity contribution in [2.45, 2.75) is 0 Å². The van der Waals surface area contributed by atoms with Crippen molar-refractivity contribution in [3.05, 3.63) is 146 Å². The standard InChI is InChI=1S/C40H24/c1-3-11-27-23-37-29(21-25(27)9-1)17-19-35-32-14-6-8-16-34(32)40-36(31-13-5-7-15-33(31)39(35)37)20-18-30-22-26-10-2-4-12-28(26)24-38(30)40/h1-24H. The fourth-order valence-electron chi connectivity index (χ4n) is 6.93. The molecule has 0 saturated carbocycles. The molecular formula is C40H24. The highest BCUT2D eigenvalue weighted by Gasteiger charge is 2.24. The predicted molar refractivity (Wildman–Crippen MR) is 172 cm³/mol. The van der Waals surface area contributed by atoms with E-state index in [0.717, 1.165) is 0 Å². The molecule has 0 aliphatic heterocycles. The summed E-state index contributed by atoms with van der Waals surface area (Å²) in [5.41, 5.74) is 10.3. The van der Waals surface area contributed by atoms with E-state index >= 15 is 0 Å². The monoisotopic (exact) mass is 504 g/mol. The SMILES string of the molecule is c1ccc2c(c1)-c1ccc3cc4ccccc4cc3c1-c1ccccc1-c1ccc3cc4ccccc4cc3c1-2. The molecule has 0 bridgehead atoms. The molecule has 0 saturated heterocycles. The van der Waals surface area contributed by atoms with Crippen LogP contribution in [0.15, 0.2) is 146 Å². The molecule has 0 atom stereocenters. The normalized spacial score (nSPS) is 12.0. The van der Waals surface area contributed by atoms with Crippen LogP contribution in [0.5, 0.6) is 0 Å². The third kappa shape index (κ3) is 3.02. The van der Waals surface area contributed by atoms with Crippen molar-refractivity contribution >= 4 is 43.1 Å². The van der Waals surface area contributed by atoms with Gasteiger partial charge in [0.2, 0.25) is 0 Å². The molecule has 0 aromatic heterocycles. The van der Waals surface area contributed by atoms with Crippen LogP contribution in [0.2, 0.25) is 0 Å². The lowest BCUT2D eigenvalue weighted by molar-refractivity contribution is 1.56. The molecule has 0 unspecified atom stereocenters. The topological polar surface area (TPSA) is 0 Å². The Bertz CT molecular complexity index is 2150. The molecule has 1 aliphatic carbocycles. The molecule has 184 valence electrons. The van der Waals surface area contributed by atoms with E-state index in [2.05, 4.69) is 146 Å². The van der Waals surface area contributed by atoms with Gasteiger partial charge in [0, 0.05) is 0 Å². The van der Waals surface area contributed by atoms with E-state index in [-0.39, 0.29) is 0 Å². The molecule has 0 fully saturated rings. The van der Waals surface area contributed by atoms with Gasteiger partial charge in [-0.25, -0.2) is 0 Å². The van der Waals surface area contributed by atoms with Gasteiger partial charge in [0.15, 0.2) is 0 Å². The Kier molecular flexibility index (Phi) is 4.42. The number of hydrogen-bond acceptors (Lipinski definition) is 0. The van der Waals surface area contributed by atoms with Gasteiger partial charge in [0.1, 0.15) is 0 Å². The Hall–Kier alpha value is -5.20. The largest absolute Gasteiger partial charge is 0.0616 e. The Morgan fingerprint density at radius 2 is 0.575 bits per heavy atom. The maximum Gasteiger partial charge on any atom is -0.00201 e. The molecule has 0 spiro atoms. The van der Waals surface area contributed by atoms with Crippen LogP contribution in [0.3, 0.4) is 0 Å². The van der Waals surface area contributed by atoms with Crippen molar-refractivity contribution in [1.29, 1.82) is 0 Å². The minimum atomic E-state index is 1.27. The van der Waals surface area contributed by atoms with Crippen molar-refractivity contribution in [2.24, 2.45) is 0 Å². The molecule has 1 aliphatic rings. The summed E-state index contributed by atoms with van der Waals surface area (Å²) in [5.74, 6) is 0. The lowest BCUT2D eigenvalue weighted by Gasteiger charge is -2.25. The Labute approximate surface area is 232 Å². The molecule has 40 heavy (non-hydrogen) atoms. The Balaban J connectivity index is 1.48. The minimum Gasteiger partial charge on any atom is -0.0616 e. The molecule has 0 amide bonds. The first kappa shape index (κ1) is 21.7. The van der Waals surface area contributed by atoms with Crippen molar-refractivity contribution < 1.29 is 0 Å². The first-order chi connectivity index (χ1) is 19.8. The third-order valence-electron chi connectivity index (χ3n) is 8.75. The number of benzene rings is 8. The first-order valence-corrected chi connectivity index (χ1v) is 13.9. The minimum absolute atomic E-state index is 1.27. The van der Waals surface area contributed by atoms with E-state index in [1.165, 1.54) is 87.6 Å². The molecule has 0 heteroatoms. The molecule has 8 aromatic carbocycles. The fourth-order valence-corrected chi connectivity index (χ4v) is 6.93. The van der Waals surface area contributed by atoms with Crippen LogP contribution in [-0.4, -0.2) is 0 Å². The number of rotatable bonds is 0. The zero-order chi connectivity index (χ0) is 26.2. The summed E-state index contributed by atoms with van der Waals surface area (Å²) in [4.78, 5) is 0. The summed E-state index contributed by atoms with van der Waals surface area (Å²) in [5, 5.41) is 10.2. The second kappa shape index (κ2) is 8.15. The second-order valence-corrected chi connectivity index (χ2v) is 10.9. The summed E-state index contributed by atoms with van der Waals surface area (Å²) >= 11 is 0. The zero-order valence-corrected chi connectivity index (χ0v) is 21.9. The van der Waals surface area contributed by atoms with Crippen LogP contribution in [0.25, 0.3) is 87.6 Å².